The molecule has 18 heavy (non-hydrogen) atoms. The summed E-state index contributed by atoms with van der Waals surface area (Å²) in [6.45, 7) is 5.91. The number of allylic oxidation sites excluding steroid dienone is 2. The van der Waals surface area contributed by atoms with Gasteiger partial charge in [0, 0.05) is 5.41 Å². The van der Waals surface area contributed by atoms with Gasteiger partial charge in [-0.3, -0.25) is 4.79 Å². The topological polar surface area (TPSA) is 58.9 Å². The van der Waals surface area contributed by atoms with Gasteiger partial charge in [-0.15, -0.1) is 0 Å². The largest absolute Gasteiger partial charge is 0.481 e. The fourth-order valence-corrected chi connectivity index (χ4v) is 2.57. The van der Waals surface area contributed by atoms with Crippen LogP contribution >= 0.6 is 0 Å². The van der Waals surface area contributed by atoms with Gasteiger partial charge in [-0.2, -0.15) is 0 Å². The second kappa shape index (κ2) is 4.41. The fourth-order valence-electron chi connectivity index (χ4n) is 2.57. The highest BCUT2D eigenvalue weighted by Gasteiger charge is 2.46. The minimum absolute atomic E-state index is 0.0174. The van der Waals surface area contributed by atoms with Gasteiger partial charge in [0.2, 0.25) is 0 Å². The Kier molecular flexibility index (Phi) is 3.21. The van der Waals surface area contributed by atoms with Crippen molar-refractivity contribution in [3.05, 3.63) is 12.2 Å². The fraction of sp³-hybridized carbons (Fsp3) is 0.714. The van der Waals surface area contributed by atoms with Crippen LogP contribution in [0.15, 0.2) is 17.1 Å². The van der Waals surface area contributed by atoms with E-state index in [2.05, 4.69) is 24.1 Å². The van der Waals surface area contributed by atoms with E-state index in [0.29, 0.717) is 0 Å². The monoisotopic (exact) mass is 251 g/mol. The highest BCUT2D eigenvalue weighted by Crippen LogP contribution is 2.40. The van der Waals surface area contributed by atoms with E-state index in [-0.39, 0.29) is 17.9 Å². The number of carboxylic acid groups (broad SMARTS) is 1. The molecule has 1 heterocycles. The first-order valence-corrected chi connectivity index (χ1v) is 6.49. The quantitative estimate of drug-likeness (QED) is 0.785. The molecule has 1 aliphatic heterocycles. The number of hydrogen-bond donors (Lipinski definition) is 1. The molecule has 0 spiro atoms. The Labute approximate surface area is 108 Å². The van der Waals surface area contributed by atoms with Gasteiger partial charge in [0.25, 0.3) is 0 Å². The van der Waals surface area contributed by atoms with E-state index in [1.165, 1.54) is 0 Å². The molecule has 3 unspecified atom stereocenters. The van der Waals surface area contributed by atoms with Crippen molar-refractivity contribution < 1.29 is 14.6 Å². The van der Waals surface area contributed by atoms with Crippen LogP contribution in [0.3, 0.4) is 0 Å². The summed E-state index contributed by atoms with van der Waals surface area (Å²) >= 11 is 0. The van der Waals surface area contributed by atoms with Gasteiger partial charge in [0.05, 0.1) is 6.42 Å². The maximum absolute atomic E-state index is 10.9. The molecule has 0 bridgehead atoms. The lowest BCUT2D eigenvalue weighted by atomic mass is 9.78. The van der Waals surface area contributed by atoms with Gasteiger partial charge < -0.3 is 9.84 Å². The summed E-state index contributed by atoms with van der Waals surface area (Å²) in [6, 6.07) is 0. The van der Waals surface area contributed by atoms with Crippen molar-refractivity contribution in [1.29, 1.82) is 0 Å². The number of carbonyl (C=O) groups is 1. The molecule has 1 aliphatic carbocycles. The van der Waals surface area contributed by atoms with Crippen LogP contribution in [0, 0.1) is 5.41 Å². The van der Waals surface area contributed by atoms with Crippen LogP contribution in [0.25, 0.3) is 0 Å². The maximum Gasteiger partial charge on any atom is 0.305 e. The molecule has 0 radical (unpaired) electrons. The Morgan fingerprint density at radius 3 is 2.83 bits per heavy atom. The molecule has 0 aromatic heterocycles. The smallest absolute Gasteiger partial charge is 0.305 e. The molecule has 0 saturated carbocycles. The highest BCUT2D eigenvalue weighted by molar-refractivity contribution is 5.85. The SMILES string of the molecule is CC1OC(C2(C)CC=CCC2)=NC1(C)CC(=O)O. The van der Waals surface area contributed by atoms with Crippen LogP contribution in [0.5, 0.6) is 0 Å². The molecule has 100 valence electrons. The van der Waals surface area contributed by atoms with Gasteiger partial charge in [0.1, 0.15) is 11.6 Å². The van der Waals surface area contributed by atoms with Crippen molar-refractivity contribution in [2.24, 2.45) is 10.4 Å². The number of rotatable bonds is 3. The summed E-state index contributed by atoms with van der Waals surface area (Å²) in [6.07, 6.45) is 7.14. The van der Waals surface area contributed by atoms with Gasteiger partial charge in [-0.05, 0) is 33.1 Å². The third kappa shape index (κ3) is 2.28. The summed E-state index contributed by atoms with van der Waals surface area (Å²) in [5, 5.41) is 8.98. The molecule has 0 amide bonds. The molecule has 4 nitrogen and oxygen atoms in total. The molecule has 1 N–H and O–H groups in total. The lowest BCUT2D eigenvalue weighted by Crippen LogP contribution is -2.35. The van der Waals surface area contributed by atoms with Crippen molar-refractivity contribution in [2.45, 2.75) is 58.1 Å². The number of ether oxygens (including phenoxy) is 1. The number of hydrogen-bond acceptors (Lipinski definition) is 3. The minimum atomic E-state index is -0.827. The molecule has 2 rings (SSSR count). The maximum atomic E-state index is 10.9. The molecular formula is C14H21NO3. The number of aliphatic carboxylic acids is 1. The average molecular weight is 251 g/mol. The van der Waals surface area contributed by atoms with Gasteiger partial charge >= 0.3 is 5.97 Å². The predicted octanol–water partition coefficient (Wildman–Crippen LogP) is 2.78. The van der Waals surface area contributed by atoms with Crippen LogP contribution in [0.2, 0.25) is 0 Å². The van der Waals surface area contributed by atoms with Crippen LogP contribution in [0.1, 0.15) is 46.5 Å². The third-order valence-corrected chi connectivity index (χ3v) is 4.14. The first-order chi connectivity index (χ1) is 8.36. The van der Waals surface area contributed by atoms with Crippen LogP contribution < -0.4 is 0 Å². The van der Waals surface area contributed by atoms with E-state index in [1.807, 2.05) is 13.8 Å². The Bertz CT molecular complexity index is 415. The molecule has 0 saturated heterocycles. The molecule has 0 aromatic rings. The predicted molar refractivity (Wildman–Crippen MR) is 69.7 cm³/mol. The molecule has 0 aromatic carbocycles. The summed E-state index contributed by atoms with van der Waals surface area (Å²) in [5.41, 5.74) is -0.704. The van der Waals surface area contributed by atoms with E-state index in [1.54, 1.807) is 0 Å². The van der Waals surface area contributed by atoms with E-state index in [9.17, 15) is 4.79 Å². The second-order valence-corrected chi connectivity index (χ2v) is 5.88. The van der Waals surface area contributed by atoms with Gasteiger partial charge in [0.15, 0.2) is 5.90 Å². The van der Waals surface area contributed by atoms with E-state index < -0.39 is 11.5 Å². The van der Waals surface area contributed by atoms with Gasteiger partial charge in [-0.1, -0.05) is 19.1 Å². The van der Waals surface area contributed by atoms with Crippen LogP contribution in [-0.4, -0.2) is 28.6 Å². The zero-order chi connectivity index (χ0) is 13.4. The van der Waals surface area contributed by atoms with Crippen LogP contribution in [0.4, 0.5) is 0 Å². The first kappa shape index (κ1) is 13.1. The molecular weight excluding hydrogens is 230 g/mol. The van der Waals surface area contributed by atoms with Crippen molar-refractivity contribution in [3.63, 3.8) is 0 Å². The first-order valence-electron chi connectivity index (χ1n) is 6.49. The summed E-state index contributed by atoms with van der Waals surface area (Å²) in [7, 11) is 0. The molecule has 2 aliphatic rings. The number of nitrogens with zero attached hydrogens (tertiary/aromatic N) is 1. The average Bonchev–Trinajstić information content (AvgIpc) is 2.56. The Morgan fingerprint density at radius 2 is 2.28 bits per heavy atom. The molecule has 4 heteroatoms. The second-order valence-electron chi connectivity index (χ2n) is 5.88. The molecule has 3 atom stereocenters. The highest BCUT2D eigenvalue weighted by atomic mass is 16.5. The van der Waals surface area contributed by atoms with Crippen molar-refractivity contribution in [2.75, 3.05) is 0 Å². The number of aliphatic imine (C=N–C) groups is 1. The lowest BCUT2D eigenvalue weighted by molar-refractivity contribution is -0.138. The Hall–Kier alpha value is -1.32. The normalized spacial score (nSPS) is 39.3. The van der Waals surface area contributed by atoms with Crippen LogP contribution in [-0.2, 0) is 9.53 Å². The van der Waals surface area contributed by atoms with Gasteiger partial charge in [-0.25, -0.2) is 4.99 Å². The molecule has 0 fully saturated rings. The summed E-state index contributed by atoms with van der Waals surface area (Å²) in [4.78, 5) is 15.5. The zero-order valence-corrected chi connectivity index (χ0v) is 11.3. The van der Waals surface area contributed by atoms with E-state index in [4.69, 9.17) is 9.84 Å². The van der Waals surface area contributed by atoms with Crippen molar-refractivity contribution >= 4 is 11.9 Å². The minimum Gasteiger partial charge on any atom is -0.481 e. The Balaban J connectivity index is 2.23. The lowest BCUT2D eigenvalue weighted by Gasteiger charge is -2.30. The van der Waals surface area contributed by atoms with Crippen molar-refractivity contribution in [3.8, 4) is 0 Å². The van der Waals surface area contributed by atoms with Crippen molar-refractivity contribution in [1.82, 2.24) is 0 Å². The third-order valence-electron chi connectivity index (χ3n) is 4.14. The van der Waals surface area contributed by atoms with E-state index in [0.717, 1.165) is 25.2 Å². The standard InChI is InChI=1S/C14H21NO3/c1-10-14(3,9-11(16)17)15-12(18-10)13(2)7-5-4-6-8-13/h4-5,10H,6-9H2,1-3H3,(H,16,17). The van der Waals surface area contributed by atoms with E-state index >= 15 is 0 Å². The zero-order valence-electron chi connectivity index (χ0n) is 11.3. The number of carboxylic acids is 1. The Morgan fingerprint density at radius 1 is 1.56 bits per heavy atom. The summed E-state index contributed by atoms with van der Waals surface area (Å²) in [5.74, 6) is -0.0882. The summed E-state index contributed by atoms with van der Waals surface area (Å²) < 4.78 is 5.87.